The van der Waals surface area contributed by atoms with E-state index in [-0.39, 0.29) is 5.78 Å². The number of carbonyl (C=O) groups excluding carboxylic acids is 1. The second kappa shape index (κ2) is 6.84. The van der Waals surface area contributed by atoms with Crippen molar-refractivity contribution in [3.05, 3.63) is 105 Å². The Labute approximate surface area is 168 Å². The summed E-state index contributed by atoms with van der Waals surface area (Å²) in [5.41, 5.74) is 8.61. The van der Waals surface area contributed by atoms with Crippen molar-refractivity contribution >= 4 is 29.2 Å². The molecule has 5 rings (SSSR count). The molecular formula is C24H17ClN2O. The first kappa shape index (κ1) is 17.1. The molecule has 0 atom stereocenters. The number of fused-ring (bicyclic) bond motifs is 2. The molecule has 3 nitrogen and oxygen atoms in total. The monoisotopic (exact) mass is 384 g/mol. The van der Waals surface area contributed by atoms with E-state index < -0.39 is 0 Å². The summed E-state index contributed by atoms with van der Waals surface area (Å²) in [6.07, 6.45) is 6.67. The Hall–Kier alpha value is -3.04. The van der Waals surface area contributed by atoms with Crippen molar-refractivity contribution in [2.24, 2.45) is 4.99 Å². The fraction of sp³-hybridized carbons (Fsp3) is 0.125. The van der Waals surface area contributed by atoms with Gasteiger partial charge in [0.1, 0.15) is 0 Å². The van der Waals surface area contributed by atoms with Gasteiger partial charge in [0, 0.05) is 47.0 Å². The highest BCUT2D eigenvalue weighted by atomic mass is 35.5. The molecular weight excluding hydrogens is 368 g/mol. The number of hydrogen-bond donors (Lipinski definition) is 0. The second-order valence-corrected chi connectivity index (χ2v) is 7.62. The SMILES string of the molecule is O=C(Cc1cccc(Cl)c1)C1=Cc2cc3c(cc2C1)CN=C3c1ccncc1. The van der Waals surface area contributed by atoms with E-state index in [9.17, 15) is 4.79 Å². The topological polar surface area (TPSA) is 42.3 Å². The molecule has 28 heavy (non-hydrogen) atoms. The third-order valence-electron chi connectivity index (χ3n) is 5.30. The quantitative estimate of drug-likeness (QED) is 0.646. The minimum absolute atomic E-state index is 0.154. The van der Waals surface area contributed by atoms with Crippen LogP contribution in [0.2, 0.25) is 5.02 Å². The minimum Gasteiger partial charge on any atom is -0.294 e. The lowest BCUT2D eigenvalue weighted by Gasteiger charge is -2.07. The summed E-state index contributed by atoms with van der Waals surface area (Å²) in [6, 6.07) is 15.9. The summed E-state index contributed by atoms with van der Waals surface area (Å²) in [4.78, 5) is 21.6. The fourth-order valence-electron chi connectivity index (χ4n) is 3.93. The highest BCUT2D eigenvalue weighted by Crippen LogP contribution is 2.33. The molecule has 3 aromatic rings. The Morgan fingerprint density at radius 2 is 1.89 bits per heavy atom. The maximum atomic E-state index is 12.8. The summed E-state index contributed by atoms with van der Waals surface area (Å²) in [7, 11) is 0. The van der Waals surface area contributed by atoms with Gasteiger partial charge < -0.3 is 0 Å². The van der Waals surface area contributed by atoms with Crippen molar-refractivity contribution in [1.82, 2.24) is 4.98 Å². The summed E-state index contributed by atoms with van der Waals surface area (Å²) in [5.74, 6) is 0.154. The zero-order valence-corrected chi connectivity index (χ0v) is 15.9. The van der Waals surface area contributed by atoms with Crippen LogP contribution in [0.3, 0.4) is 0 Å². The number of Topliss-reactive ketones (excluding diaryl/α,β-unsaturated/α-hetero) is 1. The largest absolute Gasteiger partial charge is 0.294 e. The molecule has 0 amide bonds. The number of aromatic nitrogens is 1. The summed E-state index contributed by atoms with van der Waals surface area (Å²) in [6.45, 7) is 0.687. The highest BCUT2D eigenvalue weighted by molar-refractivity contribution is 6.30. The molecule has 0 spiro atoms. The average Bonchev–Trinajstić information content (AvgIpc) is 3.30. The van der Waals surface area contributed by atoms with Crippen LogP contribution in [0, 0.1) is 0 Å². The number of pyridine rings is 1. The molecule has 0 radical (unpaired) electrons. The Morgan fingerprint density at radius 3 is 2.71 bits per heavy atom. The second-order valence-electron chi connectivity index (χ2n) is 7.19. The molecule has 0 N–H and O–H groups in total. The third-order valence-corrected chi connectivity index (χ3v) is 5.54. The van der Waals surface area contributed by atoms with Crippen molar-refractivity contribution in [2.45, 2.75) is 19.4 Å². The molecule has 0 unspecified atom stereocenters. The molecule has 0 saturated heterocycles. The van der Waals surface area contributed by atoms with Crippen molar-refractivity contribution in [1.29, 1.82) is 0 Å². The fourth-order valence-corrected chi connectivity index (χ4v) is 4.14. The number of hydrogen-bond acceptors (Lipinski definition) is 3. The van der Waals surface area contributed by atoms with E-state index in [0.717, 1.165) is 33.5 Å². The number of aliphatic imine (C=N–C) groups is 1. The van der Waals surface area contributed by atoms with Crippen LogP contribution < -0.4 is 0 Å². The van der Waals surface area contributed by atoms with Crippen LogP contribution in [-0.2, 0) is 24.2 Å². The Bertz CT molecular complexity index is 1160. The minimum atomic E-state index is 0.154. The predicted molar refractivity (Wildman–Crippen MR) is 112 cm³/mol. The van der Waals surface area contributed by atoms with Crippen LogP contribution >= 0.6 is 11.6 Å². The molecule has 0 fully saturated rings. The molecule has 4 heteroatoms. The van der Waals surface area contributed by atoms with Gasteiger partial charge in [-0.1, -0.05) is 29.8 Å². The summed E-state index contributed by atoms with van der Waals surface area (Å²) < 4.78 is 0. The number of nitrogens with zero attached hydrogens (tertiary/aromatic N) is 2. The van der Waals surface area contributed by atoms with Crippen LogP contribution in [-0.4, -0.2) is 16.5 Å². The first-order valence-electron chi connectivity index (χ1n) is 9.26. The molecule has 136 valence electrons. The van der Waals surface area contributed by atoms with Gasteiger partial charge in [0.25, 0.3) is 0 Å². The van der Waals surface area contributed by atoms with E-state index in [0.29, 0.717) is 24.4 Å². The van der Waals surface area contributed by atoms with Gasteiger partial charge >= 0.3 is 0 Å². The van der Waals surface area contributed by atoms with E-state index in [1.54, 1.807) is 12.4 Å². The first-order chi connectivity index (χ1) is 13.7. The molecule has 1 aliphatic carbocycles. The number of ketones is 1. The van der Waals surface area contributed by atoms with Crippen molar-refractivity contribution in [3.63, 3.8) is 0 Å². The lowest BCUT2D eigenvalue weighted by Crippen LogP contribution is -2.06. The van der Waals surface area contributed by atoms with E-state index in [2.05, 4.69) is 17.1 Å². The van der Waals surface area contributed by atoms with Gasteiger partial charge in [-0.2, -0.15) is 0 Å². The smallest absolute Gasteiger partial charge is 0.163 e. The Morgan fingerprint density at radius 1 is 1.04 bits per heavy atom. The number of allylic oxidation sites excluding steroid dienone is 1. The summed E-state index contributed by atoms with van der Waals surface area (Å²) >= 11 is 6.04. The van der Waals surface area contributed by atoms with Gasteiger partial charge in [0.2, 0.25) is 0 Å². The zero-order chi connectivity index (χ0) is 19.1. The molecule has 0 bridgehead atoms. The Kier molecular flexibility index (Phi) is 4.18. The molecule has 2 aromatic carbocycles. The van der Waals surface area contributed by atoms with E-state index in [1.807, 2.05) is 42.5 Å². The Balaban J connectivity index is 1.42. The third kappa shape index (κ3) is 3.08. The maximum absolute atomic E-state index is 12.8. The zero-order valence-electron chi connectivity index (χ0n) is 15.2. The molecule has 2 aliphatic rings. The van der Waals surface area contributed by atoms with Crippen molar-refractivity contribution in [3.8, 4) is 0 Å². The van der Waals surface area contributed by atoms with E-state index in [1.165, 1.54) is 11.1 Å². The number of benzene rings is 2. The molecule has 2 heterocycles. The van der Waals surface area contributed by atoms with E-state index >= 15 is 0 Å². The lowest BCUT2D eigenvalue weighted by molar-refractivity contribution is -0.114. The normalized spacial score (nSPS) is 14.3. The highest BCUT2D eigenvalue weighted by Gasteiger charge is 2.24. The van der Waals surface area contributed by atoms with Gasteiger partial charge in [-0.3, -0.25) is 14.8 Å². The maximum Gasteiger partial charge on any atom is 0.163 e. The van der Waals surface area contributed by atoms with Gasteiger partial charge in [-0.25, -0.2) is 0 Å². The van der Waals surface area contributed by atoms with Gasteiger partial charge in [-0.15, -0.1) is 0 Å². The first-order valence-corrected chi connectivity index (χ1v) is 9.64. The molecule has 1 aliphatic heterocycles. The standard InChI is InChI=1S/C24H17ClN2O/c25-21-3-1-2-15(8-21)9-23(28)19-10-17-12-20-14-27-24(16-4-6-26-7-5-16)22(20)13-18(17)11-19/h1-8,11-13H,9-10,14H2. The van der Waals surface area contributed by atoms with Crippen LogP contribution in [0.4, 0.5) is 0 Å². The van der Waals surface area contributed by atoms with Gasteiger partial charge in [0.05, 0.1) is 12.3 Å². The van der Waals surface area contributed by atoms with Crippen LogP contribution in [0.15, 0.2) is 71.5 Å². The van der Waals surface area contributed by atoms with Crippen molar-refractivity contribution in [2.75, 3.05) is 0 Å². The van der Waals surface area contributed by atoms with Gasteiger partial charge in [-0.05, 0) is 58.7 Å². The average molecular weight is 385 g/mol. The molecule has 0 saturated carbocycles. The number of rotatable bonds is 4. The predicted octanol–water partition coefficient (Wildman–Crippen LogP) is 4.84. The van der Waals surface area contributed by atoms with Crippen LogP contribution in [0.25, 0.3) is 6.08 Å². The molecule has 1 aromatic heterocycles. The van der Waals surface area contributed by atoms with Gasteiger partial charge in [0.15, 0.2) is 5.78 Å². The summed E-state index contributed by atoms with van der Waals surface area (Å²) in [5, 5.41) is 0.661. The van der Waals surface area contributed by atoms with E-state index in [4.69, 9.17) is 16.6 Å². The van der Waals surface area contributed by atoms with Crippen LogP contribution in [0.5, 0.6) is 0 Å². The van der Waals surface area contributed by atoms with Crippen LogP contribution in [0.1, 0.15) is 33.4 Å². The lowest BCUT2D eigenvalue weighted by atomic mass is 9.96. The number of halogens is 1. The number of carbonyl (C=O) groups is 1. The van der Waals surface area contributed by atoms with Crippen molar-refractivity contribution < 1.29 is 4.79 Å².